The number of aliphatic hydroxyl groups is 1. The third-order valence-electron chi connectivity index (χ3n) is 4.72. The summed E-state index contributed by atoms with van der Waals surface area (Å²) in [7, 11) is 0. The van der Waals surface area contributed by atoms with Crippen LogP contribution >= 0.6 is 0 Å². The van der Waals surface area contributed by atoms with E-state index in [1.165, 1.54) is 16.7 Å². The molecule has 0 spiro atoms. The third-order valence-corrected chi connectivity index (χ3v) is 4.72. The quantitative estimate of drug-likeness (QED) is 0.331. The lowest BCUT2D eigenvalue weighted by atomic mass is 9.71. The fraction of sp³-hybridized carbons (Fsp3) is 0.400. The lowest BCUT2D eigenvalue weighted by Crippen LogP contribution is -2.28. The van der Waals surface area contributed by atoms with E-state index in [4.69, 9.17) is 0 Å². The monoisotopic (exact) mass is 366 g/mol. The lowest BCUT2D eigenvalue weighted by Gasteiger charge is -2.35. The van der Waals surface area contributed by atoms with Crippen LogP contribution in [0.15, 0.2) is 82.5 Å². The van der Waals surface area contributed by atoms with Gasteiger partial charge < -0.3 is 5.11 Å². The number of carbonyl (C=O) groups excluding carboxylic acids is 1. The Bertz CT molecular complexity index is 734. The first-order valence-electron chi connectivity index (χ1n) is 9.54. The Hall–Kier alpha value is -2.19. The van der Waals surface area contributed by atoms with Crippen LogP contribution in [0.25, 0.3) is 0 Å². The number of aldehydes is 1. The van der Waals surface area contributed by atoms with Gasteiger partial charge in [0.05, 0.1) is 6.10 Å². The molecule has 1 aliphatic rings. The van der Waals surface area contributed by atoms with Gasteiger partial charge in [0.15, 0.2) is 0 Å². The zero-order valence-electron chi connectivity index (χ0n) is 17.6. The summed E-state index contributed by atoms with van der Waals surface area (Å²) in [5.74, 6) is 0. The molecule has 0 saturated heterocycles. The number of carbonyl (C=O) groups is 1. The van der Waals surface area contributed by atoms with Crippen LogP contribution in [0.4, 0.5) is 0 Å². The maximum atomic E-state index is 10.5. The Labute approximate surface area is 165 Å². The van der Waals surface area contributed by atoms with E-state index >= 15 is 0 Å². The van der Waals surface area contributed by atoms with Gasteiger partial charge in [0.1, 0.15) is 6.29 Å². The molecular formula is C25H34O2. The van der Waals surface area contributed by atoms with Crippen LogP contribution in [-0.4, -0.2) is 17.5 Å². The normalized spacial score (nSPS) is 22.5. The van der Waals surface area contributed by atoms with E-state index in [0.29, 0.717) is 5.57 Å². The van der Waals surface area contributed by atoms with Crippen LogP contribution in [0.3, 0.4) is 0 Å². The maximum Gasteiger partial charge on any atom is 0.145 e. The molecule has 146 valence electrons. The standard InChI is InChI=1S/C25H34O2/c1-19(10-7-8-11-21(3)18-26)12-9-13-20(2)14-15-24-22(4)16-23(27)17-25(24,5)6/h7-15,18,23,27H,16-17H2,1-6H3/t23-/m1/s1. The third kappa shape index (κ3) is 8.36. The Morgan fingerprint density at radius 3 is 2.11 bits per heavy atom. The highest BCUT2D eigenvalue weighted by molar-refractivity contribution is 5.72. The van der Waals surface area contributed by atoms with Crippen molar-refractivity contribution in [3.8, 4) is 0 Å². The Kier molecular flexibility index (Phi) is 9.17. The van der Waals surface area contributed by atoms with Crippen LogP contribution in [0.1, 0.15) is 54.4 Å². The first-order chi connectivity index (χ1) is 12.7. The lowest BCUT2D eigenvalue weighted by molar-refractivity contribution is -0.104. The molecule has 1 aliphatic carbocycles. The summed E-state index contributed by atoms with van der Waals surface area (Å²) in [4.78, 5) is 10.5. The fourth-order valence-corrected chi connectivity index (χ4v) is 3.31. The predicted octanol–water partition coefficient (Wildman–Crippen LogP) is 6.19. The van der Waals surface area contributed by atoms with Crippen LogP contribution < -0.4 is 0 Å². The minimum Gasteiger partial charge on any atom is -0.393 e. The van der Waals surface area contributed by atoms with Crippen molar-refractivity contribution in [2.45, 2.75) is 60.5 Å². The zero-order chi connectivity index (χ0) is 20.4. The summed E-state index contributed by atoms with van der Waals surface area (Å²) in [6, 6.07) is 0. The van der Waals surface area contributed by atoms with E-state index in [0.717, 1.165) is 24.7 Å². The molecule has 0 amide bonds. The number of hydrogen-bond donors (Lipinski definition) is 1. The average Bonchev–Trinajstić information content (AvgIpc) is 2.56. The molecule has 0 fully saturated rings. The van der Waals surface area contributed by atoms with Gasteiger partial charge in [0, 0.05) is 0 Å². The Balaban J connectivity index is 2.74. The van der Waals surface area contributed by atoms with Gasteiger partial charge in [-0.15, -0.1) is 0 Å². The van der Waals surface area contributed by atoms with Gasteiger partial charge in [0.25, 0.3) is 0 Å². The topological polar surface area (TPSA) is 37.3 Å². The molecule has 2 heteroatoms. The van der Waals surface area contributed by atoms with Gasteiger partial charge in [0.2, 0.25) is 0 Å². The second kappa shape index (κ2) is 10.8. The van der Waals surface area contributed by atoms with Crippen LogP contribution in [0.2, 0.25) is 0 Å². The van der Waals surface area contributed by atoms with Crippen molar-refractivity contribution in [2.75, 3.05) is 0 Å². The van der Waals surface area contributed by atoms with E-state index in [1.807, 2.05) is 31.2 Å². The Morgan fingerprint density at radius 2 is 1.52 bits per heavy atom. The van der Waals surface area contributed by atoms with E-state index in [-0.39, 0.29) is 11.5 Å². The van der Waals surface area contributed by atoms with Crippen molar-refractivity contribution < 1.29 is 9.90 Å². The van der Waals surface area contributed by atoms with Crippen LogP contribution in [0, 0.1) is 5.41 Å². The minimum atomic E-state index is -0.224. The van der Waals surface area contributed by atoms with Crippen LogP contribution in [0.5, 0.6) is 0 Å². The summed E-state index contributed by atoms with van der Waals surface area (Å²) in [6.45, 7) is 12.4. The van der Waals surface area contributed by atoms with Gasteiger partial charge >= 0.3 is 0 Å². The summed E-state index contributed by atoms with van der Waals surface area (Å²) in [5.41, 5.74) is 5.65. The second-order valence-electron chi connectivity index (χ2n) is 8.07. The van der Waals surface area contributed by atoms with E-state index in [1.54, 1.807) is 13.0 Å². The molecule has 1 atom stereocenters. The summed E-state index contributed by atoms with van der Waals surface area (Å²) in [5, 5.41) is 9.99. The van der Waals surface area contributed by atoms with Gasteiger partial charge in [-0.2, -0.15) is 0 Å². The summed E-state index contributed by atoms with van der Waals surface area (Å²) >= 11 is 0. The van der Waals surface area contributed by atoms with Crippen LogP contribution in [-0.2, 0) is 4.79 Å². The molecule has 0 radical (unpaired) electrons. The SMILES string of the molecule is CC(C=O)=CC=CC=C(C)C=CC=C(C)C=CC1=C(C)C[C@@H](O)CC1(C)C. The van der Waals surface area contributed by atoms with Crippen molar-refractivity contribution in [3.63, 3.8) is 0 Å². The zero-order valence-corrected chi connectivity index (χ0v) is 17.6. The van der Waals surface area contributed by atoms with Gasteiger partial charge in [-0.05, 0) is 57.1 Å². The second-order valence-corrected chi connectivity index (χ2v) is 8.07. The molecule has 0 saturated carbocycles. The first-order valence-corrected chi connectivity index (χ1v) is 9.54. The summed E-state index contributed by atoms with van der Waals surface area (Å²) < 4.78 is 0. The van der Waals surface area contributed by atoms with Crippen molar-refractivity contribution >= 4 is 6.29 Å². The van der Waals surface area contributed by atoms with Crippen molar-refractivity contribution in [1.82, 2.24) is 0 Å². The number of aliphatic hydroxyl groups excluding tert-OH is 1. The molecule has 0 aromatic carbocycles. The highest BCUT2D eigenvalue weighted by Crippen LogP contribution is 2.40. The van der Waals surface area contributed by atoms with Crippen molar-refractivity contribution in [1.29, 1.82) is 0 Å². The Morgan fingerprint density at radius 1 is 0.963 bits per heavy atom. The van der Waals surface area contributed by atoms with E-state index in [2.05, 4.69) is 52.0 Å². The number of hydrogen-bond acceptors (Lipinski definition) is 2. The highest BCUT2D eigenvalue weighted by Gasteiger charge is 2.31. The average molecular weight is 367 g/mol. The molecule has 0 aliphatic heterocycles. The molecule has 1 N–H and O–H groups in total. The molecule has 1 rings (SSSR count). The maximum absolute atomic E-state index is 10.5. The molecule has 0 aromatic heterocycles. The summed E-state index contributed by atoms with van der Waals surface area (Å²) in [6.07, 6.45) is 20.3. The predicted molar refractivity (Wildman–Crippen MR) is 116 cm³/mol. The molecule has 0 bridgehead atoms. The van der Waals surface area contributed by atoms with Gasteiger partial charge in [-0.3, -0.25) is 4.79 Å². The molecule has 0 aromatic rings. The molecular weight excluding hydrogens is 332 g/mol. The van der Waals surface area contributed by atoms with Gasteiger partial charge in [-0.25, -0.2) is 0 Å². The number of allylic oxidation sites excluding steroid dienone is 13. The van der Waals surface area contributed by atoms with E-state index < -0.39 is 0 Å². The molecule has 27 heavy (non-hydrogen) atoms. The van der Waals surface area contributed by atoms with Crippen molar-refractivity contribution in [2.24, 2.45) is 5.41 Å². The molecule has 2 nitrogen and oxygen atoms in total. The van der Waals surface area contributed by atoms with Crippen molar-refractivity contribution in [3.05, 3.63) is 82.5 Å². The number of rotatable bonds is 7. The molecule has 0 unspecified atom stereocenters. The highest BCUT2D eigenvalue weighted by atomic mass is 16.3. The minimum absolute atomic E-state index is 0.0106. The molecule has 0 heterocycles. The smallest absolute Gasteiger partial charge is 0.145 e. The van der Waals surface area contributed by atoms with E-state index in [9.17, 15) is 9.90 Å². The first kappa shape index (κ1) is 22.9. The van der Waals surface area contributed by atoms with Gasteiger partial charge in [-0.1, -0.05) is 85.3 Å². The fourth-order valence-electron chi connectivity index (χ4n) is 3.31. The largest absolute Gasteiger partial charge is 0.393 e.